The van der Waals surface area contributed by atoms with Gasteiger partial charge in [-0.3, -0.25) is 0 Å². The largest absolute Gasteiger partial charge is 0.494 e. The van der Waals surface area contributed by atoms with E-state index in [1.165, 1.54) is 30.3 Å². The van der Waals surface area contributed by atoms with Crippen LogP contribution in [0, 0.1) is 6.92 Å². The second kappa shape index (κ2) is 13.3. The lowest BCUT2D eigenvalue weighted by Gasteiger charge is -2.09. The van der Waals surface area contributed by atoms with Crippen LogP contribution in [0.2, 0.25) is 0 Å². The molecule has 8 heteroatoms. The normalized spacial score (nSPS) is 11.4. The van der Waals surface area contributed by atoms with Gasteiger partial charge in [0.15, 0.2) is 0 Å². The molecule has 0 aromatic heterocycles. The molecule has 0 amide bonds. The fourth-order valence-corrected chi connectivity index (χ4v) is 2.63. The van der Waals surface area contributed by atoms with Gasteiger partial charge in [-0.15, -0.1) is 0 Å². The van der Waals surface area contributed by atoms with Gasteiger partial charge >= 0.3 is 18.1 Å². The Labute approximate surface area is 191 Å². The average molecular weight is 463 g/mol. The molecule has 2 aromatic carbocycles. The smallest absolute Gasteiger partial charge is 0.389 e. The molecular formula is C25H26F3O5. The Morgan fingerprint density at radius 2 is 1.55 bits per heavy atom. The van der Waals surface area contributed by atoms with E-state index in [4.69, 9.17) is 14.2 Å². The molecule has 0 N–H and O–H groups in total. The molecule has 0 unspecified atom stereocenters. The fraction of sp³-hybridized carbons (Fsp3) is 0.320. The summed E-state index contributed by atoms with van der Waals surface area (Å²) >= 11 is 0. The summed E-state index contributed by atoms with van der Waals surface area (Å²) in [5.74, 6) is -0.332. The van der Waals surface area contributed by atoms with Crippen molar-refractivity contribution >= 4 is 18.0 Å². The number of hydrogen-bond acceptors (Lipinski definition) is 5. The average Bonchev–Trinajstić information content (AvgIpc) is 2.79. The van der Waals surface area contributed by atoms with Gasteiger partial charge in [0, 0.05) is 12.5 Å². The second-order valence-electron chi connectivity index (χ2n) is 7.11. The van der Waals surface area contributed by atoms with Crippen molar-refractivity contribution in [2.24, 2.45) is 0 Å². The molecular weight excluding hydrogens is 437 g/mol. The number of carbonyl (C=O) groups excluding carboxylic acids is 2. The number of esters is 2. The fourth-order valence-electron chi connectivity index (χ4n) is 2.63. The van der Waals surface area contributed by atoms with Crippen LogP contribution in [0.5, 0.6) is 11.5 Å². The van der Waals surface area contributed by atoms with Crippen molar-refractivity contribution in [1.82, 2.24) is 0 Å². The lowest BCUT2D eigenvalue weighted by atomic mass is 10.2. The Kier molecular flexibility index (Phi) is 10.5. The zero-order chi connectivity index (χ0) is 24.1. The molecule has 0 aliphatic heterocycles. The van der Waals surface area contributed by atoms with Crippen molar-refractivity contribution in [1.29, 1.82) is 0 Å². The summed E-state index contributed by atoms with van der Waals surface area (Å²) in [5.41, 5.74) is 1.000. The van der Waals surface area contributed by atoms with Gasteiger partial charge in [0.2, 0.25) is 0 Å². The highest BCUT2D eigenvalue weighted by Crippen LogP contribution is 2.22. The zero-order valence-electron chi connectivity index (χ0n) is 18.1. The molecule has 0 fully saturated rings. The van der Waals surface area contributed by atoms with E-state index in [1.54, 1.807) is 30.3 Å². The van der Waals surface area contributed by atoms with Gasteiger partial charge in [0.05, 0.1) is 18.8 Å². The molecule has 0 aliphatic rings. The summed E-state index contributed by atoms with van der Waals surface area (Å²) in [6.45, 7) is 4.01. The quantitative estimate of drug-likeness (QED) is 0.163. The third-order valence-electron chi connectivity index (χ3n) is 4.35. The molecule has 0 saturated heterocycles. The van der Waals surface area contributed by atoms with Crippen molar-refractivity contribution in [2.45, 2.75) is 38.3 Å². The minimum atomic E-state index is -4.20. The Bertz CT molecular complexity index is 903. The predicted octanol–water partition coefficient (Wildman–Crippen LogP) is 6.19. The minimum Gasteiger partial charge on any atom is -0.494 e. The van der Waals surface area contributed by atoms with Gasteiger partial charge in [-0.25, -0.2) is 9.59 Å². The first-order valence-electron chi connectivity index (χ1n) is 10.5. The van der Waals surface area contributed by atoms with Crippen LogP contribution < -0.4 is 9.47 Å². The SMILES string of the molecule is [CH2]CCCCOC(=O)/C=C/c1ccc(OC(=O)c2ccc(OCCCC(F)(F)F)cc2)cc1. The van der Waals surface area contributed by atoms with E-state index < -0.39 is 24.5 Å². The molecule has 0 aliphatic carbocycles. The predicted molar refractivity (Wildman–Crippen MR) is 118 cm³/mol. The van der Waals surface area contributed by atoms with E-state index in [0.717, 1.165) is 24.8 Å². The van der Waals surface area contributed by atoms with Gasteiger partial charge in [-0.2, -0.15) is 13.2 Å². The monoisotopic (exact) mass is 463 g/mol. The van der Waals surface area contributed by atoms with Crippen LogP contribution >= 0.6 is 0 Å². The van der Waals surface area contributed by atoms with Gasteiger partial charge in [0.25, 0.3) is 0 Å². The standard InChI is InChI=1S/C25H26F3O5/c1-2-3-4-17-32-23(29)15-8-19-6-11-22(12-7-19)33-24(30)20-9-13-21(14-10-20)31-18-5-16-25(26,27)28/h6-15H,1-5,16-18H2/b15-8+. The maximum absolute atomic E-state index is 12.3. The molecule has 0 heterocycles. The number of ether oxygens (including phenoxy) is 3. The van der Waals surface area contributed by atoms with Crippen molar-refractivity contribution in [3.8, 4) is 11.5 Å². The third kappa shape index (κ3) is 10.7. The molecule has 0 bridgehead atoms. The summed E-state index contributed by atoms with van der Waals surface area (Å²) in [7, 11) is 0. The lowest BCUT2D eigenvalue weighted by molar-refractivity contribution is -0.138. The summed E-state index contributed by atoms with van der Waals surface area (Å²) in [4.78, 5) is 23.9. The van der Waals surface area contributed by atoms with Crippen molar-refractivity contribution < 1.29 is 37.0 Å². The number of alkyl halides is 3. The maximum atomic E-state index is 12.3. The van der Waals surface area contributed by atoms with Crippen LogP contribution in [0.1, 0.15) is 48.0 Å². The number of carbonyl (C=O) groups is 2. The van der Waals surface area contributed by atoms with Crippen LogP contribution in [-0.4, -0.2) is 31.3 Å². The van der Waals surface area contributed by atoms with Crippen LogP contribution in [0.25, 0.3) is 6.08 Å². The maximum Gasteiger partial charge on any atom is 0.389 e. The Morgan fingerprint density at radius 1 is 0.879 bits per heavy atom. The summed E-state index contributed by atoms with van der Waals surface area (Å²) in [5, 5.41) is 0. The van der Waals surface area contributed by atoms with Gasteiger partial charge in [-0.05, 0) is 60.9 Å². The summed E-state index contributed by atoms with van der Waals surface area (Å²) < 4.78 is 52.0. The molecule has 1 radical (unpaired) electrons. The topological polar surface area (TPSA) is 61.8 Å². The highest BCUT2D eigenvalue weighted by atomic mass is 19.4. The molecule has 0 saturated carbocycles. The number of benzene rings is 2. The zero-order valence-corrected chi connectivity index (χ0v) is 18.1. The molecule has 2 rings (SSSR count). The second-order valence-corrected chi connectivity index (χ2v) is 7.11. The number of unbranched alkanes of at least 4 members (excludes halogenated alkanes) is 2. The van der Waals surface area contributed by atoms with E-state index in [9.17, 15) is 22.8 Å². The van der Waals surface area contributed by atoms with E-state index in [2.05, 4.69) is 6.92 Å². The van der Waals surface area contributed by atoms with Crippen LogP contribution in [-0.2, 0) is 9.53 Å². The van der Waals surface area contributed by atoms with Crippen LogP contribution in [0.4, 0.5) is 13.2 Å². The lowest BCUT2D eigenvalue weighted by Crippen LogP contribution is -2.10. The molecule has 5 nitrogen and oxygen atoms in total. The van der Waals surface area contributed by atoms with Gasteiger partial charge in [0.1, 0.15) is 11.5 Å². The van der Waals surface area contributed by atoms with Crippen LogP contribution in [0.15, 0.2) is 54.6 Å². The molecule has 2 aromatic rings. The van der Waals surface area contributed by atoms with E-state index in [0.29, 0.717) is 18.1 Å². The Morgan fingerprint density at radius 3 is 2.18 bits per heavy atom. The molecule has 177 valence electrons. The van der Waals surface area contributed by atoms with E-state index in [-0.39, 0.29) is 18.6 Å². The summed E-state index contributed by atoms with van der Waals surface area (Å²) in [6.07, 6.45) is 0.160. The van der Waals surface area contributed by atoms with E-state index in [1.807, 2.05) is 0 Å². The van der Waals surface area contributed by atoms with Crippen molar-refractivity contribution in [3.05, 3.63) is 72.7 Å². The third-order valence-corrected chi connectivity index (χ3v) is 4.35. The van der Waals surface area contributed by atoms with Crippen molar-refractivity contribution in [3.63, 3.8) is 0 Å². The number of halogens is 3. The van der Waals surface area contributed by atoms with E-state index >= 15 is 0 Å². The molecule has 0 atom stereocenters. The highest BCUT2D eigenvalue weighted by molar-refractivity contribution is 5.91. The van der Waals surface area contributed by atoms with Crippen LogP contribution in [0.3, 0.4) is 0 Å². The van der Waals surface area contributed by atoms with Gasteiger partial charge in [-0.1, -0.05) is 31.9 Å². The first-order valence-corrected chi connectivity index (χ1v) is 10.5. The number of hydrogen-bond donors (Lipinski definition) is 0. The first kappa shape index (κ1) is 26.0. The van der Waals surface area contributed by atoms with Gasteiger partial charge < -0.3 is 14.2 Å². The first-order chi connectivity index (χ1) is 15.8. The van der Waals surface area contributed by atoms with Crippen molar-refractivity contribution in [2.75, 3.05) is 13.2 Å². The minimum absolute atomic E-state index is 0.0710. The Hall–Kier alpha value is -3.29. The number of rotatable bonds is 12. The highest BCUT2D eigenvalue weighted by Gasteiger charge is 2.26. The Balaban J connectivity index is 1.79. The summed E-state index contributed by atoms with van der Waals surface area (Å²) in [6, 6.07) is 12.5. The molecule has 33 heavy (non-hydrogen) atoms. The molecule has 0 spiro atoms.